The van der Waals surface area contributed by atoms with Crippen LogP contribution in [0.4, 0.5) is 0 Å². The Morgan fingerprint density at radius 1 is 1.10 bits per heavy atom. The number of fused-ring (bicyclic) bond motifs is 1. The molecule has 0 aliphatic carbocycles. The van der Waals surface area contributed by atoms with Crippen LogP contribution < -0.4 is 5.56 Å². The molecule has 0 N–H and O–H groups in total. The van der Waals surface area contributed by atoms with Gasteiger partial charge in [-0.2, -0.15) is 0 Å². The molecular formula is C22H19N3O3S. The third-order valence-corrected chi connectivity index (χ3v) is 5.48. The van der Waals surface area contributed by atoms with Crippen molar-refractivity contribution in [1.29, 1.82) is 0 Å². The largest absolute Gasteiger partial charge is 0.462 e. The van der Waals surface area contributed by atoms with Crippen LogP contribution in [-0.4, -0.2) is 27.6 Å². The van der Waals surface area contributed by atoms with Crippen LogP contribution in [0.15, 0.2) is 65.5 Å². The minimum absolute atomic E-state index is 0.201. The first-order valence-corrected chi connectivity index (χ1v) is 10.2. The van der Waals surface area contributed by atoms with E-state index in [1.807, 2.05) is 49.4 Å². The number of esters is 1. The summed E-state index contributed by atoms with van der Waals surface area (Å²) in [4.78, 5) is 26.6. The molecule has 0 bridgehead atoms. The second-order valence-electron chi connectivity index (χ2n) is 6.58. The van der Waals surface area contributed by atoms with E-state index in [2.05, 4.69) is 10.3 Å². The van der Waals surface area contributed by atoms with Crippen LogP contribution in [0.5, 0.6) is 0 Å². The summed E-state index contributed by atoms with van der Waals surface area (Å²) >= 11 is 1.45. The van der Waals surface area contributed by atoms with Crippen LogP contribution in [0.1, 0.15) is 29.3 Å². The first kappa shape index (κ1) is 19.0. The predicted molar refractivity (Wildman–Crippen MR) is 113 cm³/mol. The number of hydrogen-bond acceptors (Lipinski definition) is 6. The van der Waals surface area contributed by atoms with E-state index in [0.29, 0.717) is 22.4 Å². The van der Waals surface area contributed by atoms with Crippen molar-refractivity contribution in [3.8, 4) is 10.4 Å². The molecule has 7 heteroatoms. The summed E-state index contributed by atoms with van der Waals surface area (Å²) in [5.74, 6) is -0.368. The van der Waals surface area contributed by atoms with Crippen molar-refractivity contribution in [1.82, 2.24) is 15.0 Å². The van der Waals surface area contributed by atoms with Gasteiger partial charge in [-0.25, -0.2) is 9.48 Å². The zero-order valence-corrected chi connectivity index (χ0v) is 16.7. The Labute approximate surface area is 171 Å². The van der Waals surface area contributed by atoms with E-state index in [1.165, 1.54) is 16.0 Å². The van der Waals surface area contributed by atoms with Crippen molar-refractivity contribution in [3.05, 3.63) is 82.1 Å². The highest BCUT2D eigenvalue weighted by Crippen LogP contribution is 2.30. The maximum Gasteiger partial charge on any atom is 0.338 e. The van der Waals surface area contributed by atoms with E-state index >= 15 is 0 Å². The molecule has 0 radical (unpaired) electrons. The monoisotopic (exact) mass is 405 g/mol. The van der Waals surface area contributed by atoms with Gasteiger partial charge in [0.15, 0.2) is 4.83 Å². The standard InChI is InChI=1S/C22H19N3O3S/c1-2-11-28-22(27)17-10-6-7-15(12-17)14-25-21(26)18-13-19(29-20(18)23-24-25)16-8-4-3-5-9-16/h3-10,12-13H,2,11,14H2,1H3. The molecule has 0 fully saturated rings. The summed E-state index contributed by atoms with van der Waals surface area (Å²) in [6.07, 6.45) is 0.766. The lowest BCUT2D eigenvalue weighted by molar-refractivity contribution is 0.0505. The van der Waals surface area contributed by atoms with Crippen LogP contribution >= 0.6 is 11.3 Å². The first-order chi connectivity index (χ1) is 14.2. The number of carbonyl (C=O) groups is 1. The van der Waals surface area contributed by atoms with Gasteiger partial charge in [0.05, 0.1) is 24.1 Å². The fraction of sp³-hybridized carbons (Fsp3) is 0.182. The highest BCUT2D eigenvalue weighted by Gasteiger charge is 2.13. The topological polar surface area (TPSA) is 74.1 Å². The van der Waals surface area contributed by atoms with Crippen molar-refractivity contribution in [3.63, 3.8) is 0 Å². The maximum absolute atomic E-state index is 12.9. The number of benzene rings is 2. The Hall–Kier alpha value is -3.32. The molecule has 4 rings (SSSR count). The zero-order chi connectivity index (χ0) is 20.2. The van der Waals surface area contributed by atoms with E-state index in [-0.39, 0.29) is 18.1 Å². The molecule has 4 aromatic rings. The normalized spacial score (nSPS) is 10.9. The summed E-state index contributed by atoms with van der Waals surface area (Å²) in [5.41, 5.74) is 2.08. The van der Waals surface area contributed by atoms with Crippen molar-refractivity contribution in [2.45, 2.75) is 19.9 Å². The zero-order valence-electron chi connectivity index (χ0n) is 15.9. The van der Waals surface area contributed by atoms with Gasteiger partial charge in [-0.15, -0.1) is 16.4 Å². The van der Waals surface area contributed by atoms with Gasteiger partial charge in [-0.05, 0) is 35.7 Å². The molecule has 0 amide bonds. The lowest BCUT2D eigenvalue weighted by Crippen LogP contribution is -2.24. The number of thiophene rings is 1. The average Bonchev–Trinajstić information content (AvgIpc) is 3.20. The molecule has 6 nitrogen and oxygen atoms in total. The van der Waals surface area contributed by atoms with Crippen molar-refractivity contribution < 1.29 is 9.53 Å². The lowest BCUT2D eigenvalue weighted by Gasteiger charge is -2.06. The molecule has 0 atom stereocenters. The lowest BCUT2D eigenvalue weighted by atomic mass is 10.1. The molecule has 0 saturated carbocycles. The van der Waals surface area contributed by atoms with Gasteiger partial charge in [0, 0.05) is 4.88 Å². The molecule has 0 saturated heterocycles. The van der Waals surface area contributed by atoms with E-state index in [0.717, 1.165) is 22.4 Å². The van der Waals surface area contributed by atoms with Gasteiger partial charge in [-0.1, -0.05) is 54.6 Å². The minimum atomic E-state index is -0.368. The fourth-order valence-corrected chi connectivity index (χ4v) is 3.95. The molecule has 0 unspecified atom stereocenters. The Bertz CT molecular complexity index is 1210. The number of carbonyl (C=O) groups excluding carboxylic acids is 1. The quantitative estimate of drug-likeness (QED) is 0.451. The van der Waals surface area contributed by atoms with E-state index in [1.54, 1.807) is 18.2 Å². The Kier molecular flexibility index (Phi) is 5.48. The van der Waals surface area contributed by atoms with Crippen LogP contribution in [0.3, 0.4) is 0 Å². The van der Waals surface area contributed by atoms with Crippen LogP contribution in [0.2, 0.25) is 0 Å². The van der Waals surface area contributed by atoms with Gasteiger partial charge in [0.1, 0.15) is 0 Å². The van der Waals surface area contributed by atoms with E-state index in [9.17, 15) is 9.59 Å². The molecular weight excluding hydrogens is 386 g/mol. The molecule has 0 aliphatic rings. The third-order valence-electron chi connectivity index (χ3n) is 4.41. The van der Waals surface area contributed by atoms with Crippen molar-refractivity contribution in [2.24, 2.45) is 0 Å². The Morgan fingerprint density at radius 3 is 2.72 bits per heavy atom. The van der Waals surface area contributed by atoms with Gasteiger partial charge < -0.3 is 4.74 Å². The van der Waals surface area contributed by atoms with Crippen LogP contribution in [0, 0.1) is 0 Å². The number of ether oxygens (including phenoxy) is 1. The highest BCUT2D eigenvalue weighted by atomic mass is 32.1. The Morgan fingerprint density at radius 2 is 1.93 bits per heavy atom. The molecule has 0 spiro atoms. The average molecular weight is 405 g/mol. The number of hydrogen-bond donors (Lipinski definition) is 0. The van der Waals surface area contributed by atoms with Gasteiger partial charge in [-0.3, -0.25) is 4.79 Å². The fourth-order valence-electron chi connectivity index (χ4n) is 2.98. The maximum atomic E-state index is 12.9. The molecule has 29 heavy (non-hydrogen) atoms. The summed E-state index contributed by atoms with van der Waals surface area (Å²) in [5, 5.41) is 8.85. The van der Waals surface area contributed by atoms with E-state index < -0.39 is 0 Å². The SMILES string of the molecule is CCCOC(=O)c1cccc(Cn2nnc3sc(-c4ccccc4)cc3c2=O)c1. The number of nitrogens with zero attached hydrogens (tertiary/aromatic N) is 3. The number of aromatic nitrogens is 3. The molecule has 2 aromatic carbocycles. The second-order valence-corrected chi connectivity index (χ2v) is 7.61. The summed E-state index contributed by atoms with van der Waals surface area (Å²) in [7, 11) is 0. The minimum Gasteiger partial charge on any atom is -0.462 e. The molecule has 2 heterocycles. The smallest absolute Gasteiger partial charge is 0.338 e. The summed E-state index contributed by atoms with van der Waals surface area (Å²) < 4.78 is 6.49. The van der Waals surface area contributed by atoms with Crippen LogP contribution in [0.25, 0.3) is 20.7 Å². The van der Waals surface area contributed by atoms with E-state index in [4.69, 9.17) is 4.74 Å². The molecule has 2 aromatic heterocycles. The molecule has 0 aliphatic heterocycles. The van der Waals surface area contributed by atoms with Gasteiger partial charge >= 0.3 is 5.97 Å². The Balaban J connectivity index is 1.63. The van der Waals surface area contributed by atoms with Gasteiger partial charge in [0.25, 0.3) is 5.56 Å². The second kappa shape index (κ2) is 8.36. The highest BCUT2D eigenvalue weighted by molar-refractivity contribution is 7.21. The third kappa shape index (κ3) is 4.09. The van der Waals surface area contributed by atoms with Crippen molar-refractivity contribution >= 4 is 27.5 Å². The summed E-state index contributed by atoms with van der Waals surface area (Å²) in [6, 6.07) is 18.8. The first-order valence-electron chi connectivity index (χ1n) is 9.34. The molecule has 146 valence electrons. The summed E-state index contributed by atoms with van der Waals surface area (Å²) in [6.45, 7) is 2.55. The number of rotatable bonds is 6. The van der Waals surface area contributed by atoms with Crippen molar-refractivity contribution in [2.75, 3.05) is 6.61 Å². The predicted octanol–water partition coefficient (Wildman–Crippen LogP) is 4.14. The van der Waals surface area contributed by atoms with Gasteiger partial charge in [0.2, 0.25) is 0 Å². The van der Waals surface area contributed by atoms with Crippen LogP contribution in [-0.2, 0) is 11.3 Å².